The quantitative estimate of drug-likeness (QED) is 0.708. The number of ether oxygens (including phenoxy) is 1. The number of carboxylic acid groups (broad SMARTS) is 1. The van der Waals surface area contributed by atoms with Crippen LogP contribution in [0.4, 0.5) is 0 Å². The molecule has 0 aliphatic heterocycles. The van der Waals surface area contributed by atoms with Gasteiger partial charge in [-0.2, -0.15) is 0 Å². The van der Waals surface area contributed by atoms with Crippen molar-refractivity contribution in [3.63, 3.8) is 0 Å². The molecule has 0 heterocycles. The zero-order valence-corrected chi connectivity index (χ0v) is 15.4. The zero-order chi connectivity index (χ0) is 19.2. The lowest BCUT2D eigenvalue weighted by atomic mass is 10.1. The Morgan fingerprint density at radius 1 is 1.15 bits per heavy atom. The van der Waals surface area contributed by atoms with Gasteiger partial charge in [0.25, 0.3) is 0 Å². The third-order valence-electron chi connectivity index (χ3n) is 4.86. The Balaban J connectivity index is 1.46. The molecule has 142 valence electrons. The molecule has 5 nitrogen and oxygen atoms in total. The van der Waals surface area contributed by atoms with E-state index in [1.165, 1.54) is 0 Å². The summed E-state index contributed by atoms with van der Waals surface area (Å²) in [7, 11) is 0. The number of amides is 1. The molecule has 2 aromatic rings. The summed E-state index contributed by atoms with van der Waals surface area (Å²) in [5.74, 6) is 0.206. The Bertz CT molecular complexity index is 773. The van der Waals surface area contributed by atoms with E-state index >= 15 is 0 Å². The standard InChI is InChI=1S/C22H25NO4/c1-15(7-12-21(24)25)23-22(26)20-13-19(20)17-8-10-18(11-9-17)27-14-16-5-3-2-4-6-16/h2-6,8-11,15,19-20H,7,12-14H2,1H3,(H,23,26)(H,24,25). The lowest BCUT2D eigenvalue weighted by Gasteiger charge is -2.12. The summed E-state index contributed by atoms with van der Waals surface area (Å²) in [4.78, 5) is 22.9. The summed E-state index contributed by atoms with van der Waals surface area (Å²) in [5.41, 5.74) is 2.26. The maximum absolute atomic E-state index is 12.3. The molecule has 1 fully saturated rings. The van der Waals surface area contributed by atoms with Gasteiger partial charge in [0.1, 0.15) is 12.4 Å². The highest BCUT2D eigenvalue weighted by molar-refractivity contribution is 5.83. The number of benzene rings is 2. The van der Waals surface area contributed by atoms with Crippen LogP contribution < -0.4 is 10.1 Å². The van der Waals surface area contributed by atoms with Crippen molar-refractivity contribution in [1.29, 1.82) is 0 Å². The third kappa shape index (κ3) is 5.58. The highest BCUT2D eigenvalue weighted by atomic mass is 16.5. The lowest BCUT2D eigenvalue weighted by Crippen LogP contribution is -2.34. The summed E-state index contributed by atoms with van der Waals surface area (Å²) in [6, 6.07) is 17.8. The van der Waals surface area contributed by atoms with Crippen LogP contribution in [0, 0.1) is 5.92 Å². The van der Waals surface area contributed by atoms with Crippen LogP contribution in [-0.4, -0.2) is 23.0 Å². The maximum Gasteiger partial charge on any atom is 0.303 e. The smallest absolute Gasteiger partial charge is 0.303 e. The lowest BCUT2D eigenvalue weighted by molar-refractivity contribution is -0.137. The van der Waals surface area contributed by atoms with E-state index in [0.717, 1.165) is 23.3 Å². The first kappa shape index (κ1) is 19.0. The number of carboxylic acids is 1. The van der Waals surface area contributed by atoms with Gasteiger partial charge in [-0.15, -0.1) is 0 Å². The van der Waals surface area contributed by atoms with Crippen molar-refractivity contribution >= 4 is 11.9 Å². The van der Waals surface area contributed by atoms with Crippen LogP contribution in [0.5, 0.6) is 5.75 Å². The summed E-state index contributed by atoms with van der Waals surface area (Å²) in [6.07, 6.45) is 1.35. The van der Waals surface area contributed by atoms with Gasteiger partial charge in [0.2, 0.25) is 5.91 Å². The van der Waals surface area contributed by atoms with Gasteiger partial charge in [-0.25, -0.2) is 0 Å². The van der Waals surface area contributed by atoms with E-state index in [4.69, 9.17) is 9.84 Å². The highest BCUT2D eigenvalue weighted by Crippen LogP contribution is 2.47. The predicted molar refractivity (Wildman–Crippen MR) is 103 cm³/mol. The van der Waals surface area contributed by atoms with Crippen LogP contribution in [0.15, 0.2) is 54.6 Å². The van der Waals surface area contributed by atoms with E-state index < -0.39 is 5.97 Å². The monoisotopic (exact) mass is 367 g/mol. The number of carbonyl (C=O) groups is 2. The fraction of sp³-hybridized carbons (Fsp3) is 0.364. The van der Waals surface area contributed by atoms with Crippen LogP contribution in [0.2, 0.25) is 0 Å². The van der Waals surface area contributed by atoms with Crippen molar-refractivity contribution in [2.75, 3.05) is 0 Å². The van der Waals surface area contributed by atoms with E-state index in [9.17, 15) is 9.59 Å². The molecule has 3 atom stereocenters. The van der Waals surface area contributed by atoms with E-state index in [1.54, 1.807) is 0 Å². The van der Waals surface area contributed by atoms with Crippen molar-refractivity contribution in [1.82, 2.24) is 5.32 Å². The van der Waals surface area contributed by atoms with Crippen LogP contribution in [0.3, 0.4) is 0 Å². The Kier molecular flexibility index (Phi) is 6.12. The molecule has 0 radical (unpaired) electrons. The molecule has 2 aromatic carbocycles. The Morgan fingerprint density at radius 3 is 2.52 bits per heavy atom. The SMILES string of the molecule is CC(CCC(=O)O)NC(=O)C1CC1c1ccc(OCc2ccccc2)cc1. The molecule has 1 saturated carbocycles. The molecular formula is C22H25NO4. The van der Waals surface area contributed by atoms with E-state index in [-0.39, 0.29) is 30.2 Å². The molecule has 1 aliphatic rings. The molecule has 2 N–H and O–H groups in total. The third-order valence-corrected chi connectivity index (χ3v) is 4.86. The zero-order valence-electron chi connectivity index (χ0n) is 15.4. The van der Waals surface area contributed by atoms with Crippen molar-refractivity contribution in [3.8, 4) is 5.75 Å². The highest BCUT2D eigenvalue weighted by Gasteiger charge is 2.44. The fourth-order valence-corrected chi connectivity index (χ4v) is 3.17. The number of rotatable bonds is 9. The molecule has 1 aliphatic carbocycles. The molecule has 27 heavy (non-hydrogen) atoms. The first-order chi connectivity index (χ1) is 13.0. The van der Waals surface area contributed by atoms with Gasteiger partial charge < -0.3 is 15.2 Å². The number of carbonyl (C=O) groups excluding carboxylic acids is 1. The molecule has 0 saturated heterocycles. The second-order valence-corrected chi connectivity index (χ2v) is 7.13. The number of hydrogen-bond acceptors (Lipinski definition) is 3. The molecule has 3 unspecified atom stereocenters. The molecule has 0 spiro atoms. The predicted octanol–water partition coefficient (Wildman–Crippen LogP) is 3.74. The average molecular weight is 367 g/mol. The molecule has 0 bridgehead atoms. The molecule has 3 rings (SSSR count). The number of aliphatic carboxylic acids is 1. The Morgan fingerprint density at radius 2 is 1.85 bits per heavy atom. The van der Waals surface area contributed by atoms with Crippen LogP contribution in [0.1, 0.15) is 43.2 Å². The molecule has 1 amide bonds. The Labute approximate surface area is 159 Å². The minimum absolute atomic E-state index is 0.0160. The minimum Gasteiger partial charge on any atom is -0.489 e. The van der Waals surface area contributed by atoms with Crippen molar-refractivity contribution in [2.45, 2.75) is 44.8 Å². The number of hydrogen-bond donors (Lipinski definition) is 2. The Hall–Kier alpha value is -2.82. The van der Waals surface area contributed by atoms with Crippen LogP contribution in [-0.2, 0) is 16.2 Å². The summed E-state index contributed by atoms with van der Waals surface area (Å²) in [6.45, 7) is 2.37. The maximum atomic E-state index is 12.3. The first-order valence-electron chi connectivity index (χ1n) is 9.32. The van der Waals surface area contributed by atoms with Gasteiger partial charge in [-0.1, -0.05) is 42.5 Å². The van der Waals surface area contributed by atoms with Gasteiger partial charge >= 0.3 is 5.97 Å². The van der Waals surface area contributed by atoms with Crippen molar-refractivity contribution in [3.05, 3.63) is 65.7 Å². The van der Waals surface area contributed by atoms with E-state index in [0.29, 0.717) is 13.0 Å². The fourth-order valence-electron chi connectivity index (χ4n) is 3.17. The topological polar surface area (TPSA) is 75.6 Å². The van der Waals surface area contributed by atoms with Gasteiger partial charge in [0.15, 0.2) is 0 Å². The summed E-state index contributed by atoms with van der Waals surface area (Å²) >= 11 is 0. The summed E-state index contributed by atoms with van der Waals surface area (Å²) < 4.78 is 5.79. The van der Waals surface area contributed by atoms with Gasteiger partial charge in [0.05, 0.1) is 0 Å². The minimum atomic E-state index is -0.838. The average Bonchev–Trinajstić information content (AvgIpc) is 3.47. The van der Waals surface area contributed by atoms with Gasteiger partial charge in [0, 0.05) is 18.4 Å². The molecule has 5 heteroatoms. The van der Waals surface area contributed by atoms with Crippen LogP contribution >= 0.6 is 0 Å². The van der Waals surface area contributed by atoms with Crippen molar-refractivity contribution in [2.24, 2.45) is 5.92 Å². The van der Waals surface area contributed by atoms with Gasteiger partial charge in [-0.05, 0) is 48.9 Å². The number of nitrogens with one attached hydrogen (secondary N) is 1. The first-order valence-corrected chi connectivity index (χ1v) is 9.32. The van der Waals surface area contributed by atoms with Crippen LogP contribution in [0.25, 0.3) is 0 Å². The van der Waals surface area contributed by atoms with E-state index in [1.807, 2.05) is 61.5 Å². The van der Waals surface area contributed by atoms with E-state index in [2.05, 4.69) is 5.32 Å². The van der Waals surface area contributed by atoms with Crippen molar-refractivity contribution < 1.29 is 19.4 Å². The normalized spacial score (nSPS) is 19.1. The second-order valence-electron chi connectivity index (χ2n) is 7.13. The molecule has 0 aromatic heterocycles. The summed E-state index contributed by atoms with van der Waals surface area (Å²) in [5, 5.41) is 11.6. The largest absolute Gasteiger partial charge is 0.489 e. The van der Waals surface area contributed by atoms with Gasteiger partial charge in [-0.3, -0.25) is 9.59 Å². The molecular weight excluding hydrogens is 342 g/mol. The second kappa shape index (κ2) is 8.71.